The van der Waals surface area contributed by atoms with Crippen molar-refractivity contribution in [3.63, 3.8) is 0 Å². The molecule has 31 heavy (non-hydrogen) atoms. The first-order valence-corrected chi connectivity index (χ1v) is 10.7. The highest BCUT2D eigenvalue weighted by atomic mass is 16.5. The third-order valence-corrected chi connectivity index (χ3v) is 4.79. The molecule has 0 saturated carbocycles. The number of hydrogen-bond acceptors (Lipinski definition) is 6. The van der Waals surface area contributed by atoms with Crippen LogP contribution in [0, 0.1) is 0 Å². The van der Waals surface area contributed by atoms with Gasteiger partial charge in [-0.05, 0) is 54.3 Å². The standard InChI is InChI=1S/C24H30N4O3/c1-3-4-5-6-7-20-8-11-22(12-9-20)30-14-15-31-23-13-10-21(16-24(23)29-2)17-27-28-18-25-26-19-28/h8-13,16-19H,3-7,14-15H2,1-2H3. The Hall–Kier alpha value is -3.35. The molecule has 0 aliphatic rings. The Morgan fingerprint density at radius 2 is 1.68 bits per heavy atom. The zero-order valence-electron chi connectivity index (χ0n) is 18.2. The lowest BCUT2D eigenvalue weighted by molar-refractivity contribution is 0.211. The van der Waals surface area contributed by atoms with Crippen molar-refractivity contribution in [3.8, 4) is 17.2 Å². The van der Waals surface area contributed by atoms with E-state index in [1.54, 1.807) is 13.3 Å². The Bertz CT molecular complexity index is 925. The number of benzene rings is 2. The smallest absolute Gasteiger partial charge is 0.161 e. The fraction of sp³-hybridized carbons (Fsp3) is 0.375. The summed E-state index contributed by atoms with van der Waals surface area (Å²) in [6.45, 7) is 3.11. The molecule has 2 aromatic carbocycles. The Morgan fingerprint density at radius 3 is 2.42 bits per heavy atom. The lowest BCUT2D eigenvalue weighted by atomic mass is 10.1. The van der Waals surface area contributed by atoms with Crippen molar-refractivity contribution < 1.29 is 14.2 Å². The summed E-state index contributed by atoms with van der Waals surface area (Å²) >= 11 is 0. The van der Waals surface area contributed by atoms with Gasteiger partial charge in [-0.15, -0.1) is 10.2 Å². The molecule has 0 spiro atoms. The van der Waals surface area contributed by atoms with Crippen molar-refractivity contribution >= 4 is 6.21 Å². The number of unbranched alkanes of at least 4 members (excludes halogenated alkanes) is 3. The Kier molecular flexibility index (Phi) is 8.91. The Balaban J connectivity index is 1.43. The zero-order chi connectivity index (χ0) is 21.7. The van der Waals surface area contributed by atoms with Crippen molar-refractivity contribution in [3.05, 3.63) is 66.2 Å². The van der Waals surface area contributed by atoms with Crippen LogP contribution in [0.2, 0.25) is 0 Å². The van der Waals surface area contributed by atoms with Gasteiger partial charge < -0.3 is 14.2 Å². The van der Waals surface area contributed by atoms with E-state index in [4.69, 9.17) is 14.2 Å². The van der Waals surface area contributed by atoms with Crippen LogP contribution in [0.15, 0.2) is 60.2 Å². The number of aromatic nitrogens is 3. The Morgan fingerprint density at radius 1 is 0.903 bits per heavy atom. The third kappa shape index (κ3) is 7.44. The molecule has 0 saturated heterocycles. The summed E-state index contributed by atoms with van der Waals surface area (Å²) < 4.78 is 18.6. The number of ether oxygens (including phenoxy) is 3. The summed E-state index contributed by atoms with van der Waals surface area (Å²) in [6.07, 6.45) is 11.0. The number of nitrogens with zero attached hydrogens (tertiary/aromatic N) is 4. The van der Waals surface area contributed by atoms with Crippen LogP contribution in [0.25, 0.3) is 0 Å². The zero-order valence-corrected chi connectivity index (χ0v) is 18.2. The quantitative estimate of drug-likeness (QED) is 0.294. The monoisotopic (exact) mass is 422 g/mol. The molecule has 0 aliphatic heterocycles. The van der Waals surface area contributed by atoms with Gasteiger partial charge >= 0.3 is 0 Å². The molecule has 0 fully saturated rings. The van der Waals surface area contributed by atoms with Crippen LogP contribution in [-0.4, -0.2) is 41.4 Å². The summed E-state index contributed by atoms with van der Waals surface area (Å²) in [6, 6.07) is 14.0. The maximum absolute atomic E-state index is 5.84. The van der Waals surface area contributed by atoms with Crippen LogP contribution < -0.4 is 14.2 Å². The minimum atomic E-state index is 0.420. The average Bonchev–Trinajstić information content (AvgIpc) is 3.33. The van der Waals surface area contributed by atoms with Crippen LogP contribution in [-0.2, 0) is 6.42 Å². The van der Waals surface area contributed by atoms with Crippen LogP contribution in [0.5, 0.6) is 17.2 Å². The molecule has 0 aliphatic carbocycles. The molecule has 0 N–H and O–H groups in total. The second kappa shape index (κ2) is 12.4. The van der Waals surface area contributed by atoms with E-state index in [1.165, 1.54) is 48.6 Å². The topological polar surface area (TPSA) is 70.8 Å². The predicted octanol–water partition coefficient (Wildman–Crippen LogP) is 4.75. The lowest BCUT2D eigenvalue weighted by Crippen LogP contribution is -2.09. The molecular formula is C24H30N4O3. The first-order valence-electron chi connectivity index (χ1n) is 10.7. The molecule has 0 radical (unpaired) electrons. The molecule has 0 amide bonds. The largest absolute Gasteiger partial charge is 0.493 e. The van der Waals surface area contributed by atoms with E-state index in [1.807, 2.05) is 30.3 Å². The molecule has 7 nitrogen and oxygen atoms in total. The van der Waals surface area contributed by atoms with Gasteiger partial charge in [0.2, 0.25) is 0 Å². The molecule has 3 aromatic rings. The van der Waals surface area contributed by atoms with Gasteiger partial charge in [0.25, 0.3) is 0 Å². The molecular weight excluding hydrogens is 392 g/mol. The van der Waals surface area contributed by atoms with Crippen LogP contribution in [0.4, 0.5) is 0 Å². The molecule has 1 heterocycles. The molecule has 1 aromatic heterocycles. The van der Waals surface area contributed by atoms with Crippen molar-refractivity contribution in [1.82, 2.24) is 14.9 Å². The highest BCUT2D eigenvalue weighted by Gasteiger charge is 2.05. The van der Waals surface area contributed by atoms with Gasteiger partial charge in [-0.25, -0.2) is 4.68 Å². The number of hydrogen-bond donors (Lipinski definition) is 0. The maximum atomic E-state index is 5.84. The van der Waals surface area contributed by atoms with Gasteiger partial charge in [-0.3, -0.25) is 0 Å². The summed E-state index contributed by atoms with van der Waals surface area (Å²) in [5, 5.41) is 11.7. The van der Waals surface area contributed by atoms with Gasteiger partial charge in [-0.2, -0.15) is 5.10 Å². The van der Waals surface area contributed by atoms with Crippen molar-refractivity contribution in [2.24, 2.45) is 5.10 Å². The first kappa shape index (κ1) is 22.3. The van der Waals surface area contributed by atoms with E-state index in [-0.39, 0.29) is 0 Å². The summed E-state index contributed by atoms with van der Waals surface area (Å²) in [4.78, 5) is 0. The van der Waals surface area contributed by atoms with Crippen molar-refractivity contribution in [1.29, 1.82) is 0 Å². The van der Waals surface area contributed by atoms with E-state index in [2.05, 4.69) is 34.4 Å². The fourth-order valence-electron chi connectivity index (χ4n) is 3.09. The normalized spacial score (nSPS) is 11.0. The van der Waals surface area contributed by atoms with Crippen LogP contribution >= 0.6 is 0 Å². The van der Waals surface area contributed by atoms with Gasteiger partial charge in [0, 0.05) is 0 Å². The first-order chi connectivity index (χ1) is 15.3. The molecule has 0 bridgehead atoms. The SMILES string of the molecule is CCCCCCc1ccc(OCCOc2ccc(C=Nn3cnnc3)cc2OC)cc1. The Labute approximate surface area is 183 Å². The van der Waals surface area contributed by atoms with Gasteiger partial charge in [-0.1, -0.05) is 38.3 Å². The number of aryl methyl sites for hydroxylation is 1. The third-order valence-electron chi connectivity index (χ3n) is 4.79. The van der Waals surface area contributed by atoms with Gasteiger partial charge in [0.05, 0.1) is 13.3 Å². The molecule has 164 valence electrons. The number of methoxy groups -OCH3 is 1. The molecule has 7 heteroatoms. The summed E-state index contributed by atoms with van der Waals surface area (Å²) in [7, 11) is 1.61. The number of rotatable bonds is 13. The van der Waals surface area contributed by atoms with Crippen molar-refractivity contribution in [2.45, 2.75) is 39.0 Å². The predicted molar refractivity (Wildman–Crippen MR) is 121 cm³/mol. The minimum Gasteiger partial charge on any atom is -0.493 e. The van der Waals surface area contributed by atoms with Crippen molar-refractivity contribution in [2.75, 3.05) is 20.3 Å². The summed E-state index contributed by atoms with van der Waals surface area (Å²) in [5.41, 5.74) is 2.24. The maximum Gasteiger partial charge on any atom is 0.161 e. The fourth-order valence-corrected chi connectivity index (χ4v) is 3.09. The van der Waals surface area contributed by atoms with Crippen LogP contribution in [0.3, 0.4) is 0 Å². The highest BCUT2D eigenvalue weighted by molar-refractivity contribution is 5.80. The second-order valence-corrected chi connectivity index (χ2v) is 7.15. The second-order valence-electron chi connectivity index (χ2n) is 7.15. The molecule has 0 unspecified atom stereocenters. The summed E-state index contributed by atoms with van der Waals surface area (Å²) in [5.74, 6) is 2.16. The minimum absolute atomic E-state index is 0.420. The van der Waals surface area contributed by atoms with E-state index in [0.29, 0.717) is 24.7 Å². The average molecular weight is 423 g/mol. The van der Waals surface area contributed by atoms with Gasteiger partial charge in [0.1, 0.15) is 31.6 Å². The molecule has 3 rings (SSSR count). The van der Waals surface area contributed by atoms with E-state index in [9.17, 15) is 0 Å². The van der Waals surface area contributed by atoms with E-state index < -0.39 is 0 Å². The molecule has 0 atom stereocenters. The van der Waals surface area contributed by atoms with E-state index >= 15 is 0 Å². The highest BCUT2D eigenvalue weighted by Crippen LogP contribution is 2.27. The lowest BCUT2D eigenvalue weighted by Gasteiger charge is -2.12. The van der Waals surface area contributed by atoms with E-state index in [0.717, 1.165) is 17.7 Å². The van der Waals surface area contributed by atoms with Crippen LogP contribution in [0.1, 0.15) is 43.7 Å². The van der Waals surface area contributed by atoms with Gasteiger partial charge in [0.15, 0.2) is 11.5 Å².